The van der Waals surface area contributed by atoms with Gasteiger partial charge in [0.25, 0.3) is 0 Å². The Morgan fingerprint density at radius 3 is 2.61 bits per heavy atom. The predicted molar refractivity (Wildman–Crippen MR) is 64.8 cm³/mol. The summed E-state index contributed by atoms with van der Waals surface area (Å²) in [4.78, 5) is 10.0. The minimum Gasteiger partial charge on any atom is -0.464 e. The molecule has 1 aromatic carbocycles. The quantitative estimate of drug-likeness (QED) is 0.601. The summed E-state index contributed by atoms with van der Waals surface area (Å²) in [5.74, 6) is -0.512. The van der Waals surface area contributed by atoms with Crippen LogP contribution in [-0.2, 0) is 15.7 Å². The van der Waals surface area contributed by atoms with Crippen LogP contribution in [0.3, 0.4) is 0 Å². The van der Waals surface area contributed by atoms with E-state index in [1.165, 1.54) is 13.0 Å². The fourth-order valence-electron chi connectivity index (χ4n) is 1.24. The van der Waals surface area contributed by atoms with Gasteiger partial charge >= 0.3 is 12.1 Å². The average Bonchev–Trinajstić information content (AvgIpc) is 2.24. The lowest BCUT2D eigenvalue weighted by atomic mass is 10.1. The molecule has 7 heteroatoms. The Kier molecular flexibility index (Phi) is 5.04. The zero-order chi connectivity index (χ0) is 13.9. The van der Waals surface area contributed by atoms with E-state index >= 15 is 0 Å². The Morgan fingerprint density at radius 2 is 2.11 bits per heavy atom. The van der Waals surface area contributed by atoms with E-state index in [0.717, 1.165) is 12.1 Å². The number of rotatable bonds is 3. The predicted octanol–water partition coefficient (Wildman–Crippen LogP) is 4.36. The van der Waals surface area contributed by atoms with E-state index in [1.54, 1.807) is 0 Å². The van der Waals surface area contributed by atoms with Crippen molar-refractivity contribution in [3.05, 3.63) is 34.3 Å². The summed E-state index contributed by atoms with van der Waals surface area (Å²) < 4.78 is 42.3. The second kappa shape index (κ2) is 5.93. The van der Waals surface area contributed by atoms with E-state index in [4.69, 9.17) is 16.3 Å². The van der Waals surface area contributed by atoms with Crippen LogP contribution in [-0.4, -0.2) is 12.6 Å². The minimum atomic E-state index is -4.44. The lowest BCUT2D eigenvalue weighted by Crippen LogP contribution is -2.09. The van der Waals surface area contributed by atoms with E-state index in [0.29, 0.717) is 0 Å². The largest absolute Gasteiger partial charge is 0.464 e. The minimum absolute atomic E-state index is 0.0869. The van der Waals surface area contributed by atoms with Gasteiger partial charge in [-0.1, -0.05) is 27.5 Å². The maximum atomic E-state index is 12.5. The molecule has 1 aromatic rings. The number of hydrogen-bond acceptors (Lipinski definition) is 2. The molecule has 0 aliphatic heterocycles. The highest BCUT2D eigenvalue weighted by Gasteiger charge is 2.31. The SMILES string of the molecule is CC(=O)OCC(Br)c1cc(C(F)(F)F)ccc1Cl. The maximum Gasteiger partial charge on any atom is 0.416 e. The van der Waals surface area contributed by atoms with E-state index in [9.17, 15) is 18.0 Å². The van der Waals surface area contributed by atoms with Crippen LogP contribution in [0.5, 0.6) is 0 Å². The molecule has 0 saturated heterocycles. The maximum absolute atomic E-state index is 12.5. The normalized spacial score (nSPS) is 13.2. The van der Waals surface area contributed by atoms with Gasteiger partial charge in [-0.15, -0.1) is 0 Å². The first-order valence-corrected chi connectivity index (χ1v) is 6.15. The van der Waals surface area contributed by atoms with Gasteiger partial charge in [-0.05, 0) is 23.8 Å². The summed E-state index contributed by atoms with van der Waals surface area (Å²) in [5.41, 5.74) is -0.568. The number of halogens is 5. The van der Waals surface area contributed by atoms with Gasteiger partial charge < -0.3 is 4.74 Å². The van der Waals surface area contributed by atoms with Gasteiger partial charge in [-0.2, -0.15) is 13.2 Å². The lowest BCUT2D eigenvalue weighted by molar-refractivity contribution is -0.141. The summed E-state index contributed by atoms with van der Waals surface area (Å²) in [7, 11) is 0. The van der Waals surface area contributed by atoms with Crippen LogP contribution in [0.15, 0.2) is 18.2 Å². The molecular weight excluding hydrogens is 336 g/mol. The molecule has 0 aliphatic rings. The molecule has 18 heavy (non-hydrogen) atoms. The summed E-state index contributed by atoms with van der Waals surface area (Å²) >= 11 is 8.96. The molecule has 0 aromatic heterocycles. The van der Waals surface area contributed by atoms with E-state index in [1.807, 2.05) is 0 Å². The number of ether oxygens (including phenoxy) is 1. The zero-order valence-electron chi connectivity index (χ0n) is 9.22. The second-order valence-corrected chi connectivity index (χ2v) is 5.02. The Balaban J connectivity index is 2.97. The third-order valence-corrected chi connectivity index (χ3v) is 3.20. The fraction of sp³-hybridized carbons (Fsp3) is 0.364. The molecule has 0 heterocycles. The molecule has 0 spiro atoms. The van der Waals surface area contributed by atoms with Crippen LogP contribution in [0.25, 0.3) is 0 Å². The second-order valence-electron chi connectivity index (χ2n) is 3.50. The van der Waals surface area contributed by atoms with E-state index < -0.39 is 22.5 Å². The molecular formula is C11H9BrClF3O2. The molecule has 1 unspecified atom stereocenters. The Labute approximate surface area is 115 Å². The molecule has 0 saturated carbocycles. The summed E-state index contributed by atoms with van der Waals surface area (Å²) in [6.45, 7) is 1.13. The van der Waals surface area contributed by atoms with Gasteiger partial charge in [0, 0.05) is 11.9 Å². The van der Waals surface area contributed by atoms with Crippen molar-refractivity contribution in [2.75, 3.05) is 6.61 Å². The van der Waals surface area contributed by atoms with Crippen LogP contribution in [0.2, 0.25) is 5.02 Å². The number of carbonyl (C=O) groups is 1. The van der Waals surface area contributed by atoms with Gasteiger partial charge in [-0.3, -0.25) is 4.79 Å². The Morgan fingerprint density at radius 1 is 1.50 bits per heavy atom. The van der Waals surface area contributed by atoms with Crippen molar-refractivity contribution in [3.63, 3.8) is 0 Å². The van der Waals surface area contributed by atoms with Gasteiger partial charge in [0.1, 0.15) is 6.61 Å². The lowest BCUT2D eigenvalue weighted by Gasteiger charge is -2.14. The van der Waals surface area contributed by atoms with Crippen molar-refractivity contribution in [1.29, 1.82) is 0 Å². The monoisotopic (exact) mass is 344 g/mol. The summed E-state index contributed by atoms with van der Waals surface area (Å²) in [6, 6.07) is 3.00. The highest BCUT2D eigenvalue weighted by atomic mass is 79.9. The van der Waals surface area contributed by atoms with Crippen LogP contribution < -0.4 is 0 Å². The van der Waals surface area contributed by atoms with Crippen molar-refractivity contribution in [3.8, 4) is 0 Å². The first-order chi connectivity index (χ1) is 8.21. The Hall–Kier alpha value is -0.750. The van der Waals surface area contributed by atoms with Crippen LogP contribution in [0.1, 0.15) is 22.9 Å². The van der Waals surface area contributed by atoms with Gasteiger partial charge in [-0.25, -0.2) is 0 Å². The van der Waals surface area contributed by atoms with Crippen molar-refractivity contribution >= 4 is 33.5 Å². The molecule has 0 amide bonds. The summed E-state index contributed by atoms with van der Waals surface area (Å²) in [5, 5.41) is 0.178. The molecule has 1 atom stereocenters. The first kappa shape index (κ1) is 15.3. The number of benzene rings is 1. The highest BCUT2D eigenvalue weighted by Crippen LogP contribution is 2.36. The van der Waals surface area contributed by atoms with Crippen LogP contribution in [0, 0.1) is 0 Å². The number of esters is 1. The fourth-order valence-corrected chi connectivity index (χ4v) is 2.13. The summed E-state index contributed by atoms with van der Waals surface area (Å²) in [6.07, 6.45) is -4.44. The van der Waals surface area contributed by atoms with Crippen molar-refractivity contribution in [2.45, 2.75) is 17.9 Å². The molecule has 0 radical (unpaired) electrons. The van der Waals surface area contributed by atoms with Crippen molar-refractivity contribution < 1.29 is 22.7 Å². The third kappa shape index (κ3) is 4.17. The van der Waals surface area contributed by atoms with Crippen LogP contribution in [0.4, 0.5) is 13.2 Å². The van der Waals surface area contributed by atoms with E-state index in [2.05, 4.69) is 15.9 Å². The smallest absolute Gasteiger partial charge is 0.416 e. The first-order valence-electron chi connectivity index (χ1n) is 4.86. The molecule has 0 bridgehead atoms. The number of alkyl halides is 4. The molecule has 100 valence electrons. The number of hydrogen-bond donors (Lipinski definition) is 0. The molecule has 0 N–H and O–H groups in total. The average molecular weight is 346 g/mol. The van der Waals surface area contributed by atoms with Crippen molar-refractivity contribution in [2.24, 2.45) is 0 Å². The topological polar surface area (TPSA) is 26.3 Å². The standard InChI is InChI=1S/C11H9BrClF3O2/c1-6(17)18-5-9(12)8-4-7(11(14,15)16)2-3-10(8)13/h2-4,9H,5H2,1H3. The van der Waals surface area contributed by atoms with Crippen molar-refractivity contribution in [1.82, 2.24) is 0 Å². The third-order valence-electron chi connectivity index (χ3n) is 2.09. The van der Waals surface area contributed by atoms with E-state index in [-0.39, 0.29) is 17.2 Å². The highest BCUT2D eigenvalue weighted by molar-refractivity contribution is 9.09. The van der Waals surface area contributed by atoms with Crippen LogP contribution >= 0.6 is 27.5 Å². The zero-order valence-corrected chi connectivity index (χ0v) is 11.6. The van der Waals surface area contributed by atoms with Gasteiger partial charge in [0.05, 0.1) is 10.4 Å². The number of carbonyl (C=O) groups excluding carboxylic acids is 1. The molecule has 1 rings (SSSR count). The molecule has 0 aliphatic carbocycles. The molecule has 2 nitrogen and oxygen atoms in total. The van der Waals surface area contributed by atoms with Gasteiger partial charge in [0.15, 0.2) is 0 Å². The van der Waals surface area contributed by atoms with Gasteiger partial charge in [0.2, 0.25) is 0 Å². The Bertz CT molecular complexity index is 448. The molecule has 0 fully saturated rings.